The van der Waals surface area contributed by atoms with Crippen LogP contribution in [-0.2, 0) is 6.42 Å². The third-order valence-corrected chi connectivity index (χ3v) is 4.88. The average molecular weight is 312 g/mol. The van der Waals surface area contributed by atoms with Crippen LogP contribution in [0.2, 0.25) is 0 Å². The van der Waals surface area contributed by atoms with E-state index in [0.29, 0.717) is 0 Å². The largest absolute Gasteiger partial charge is 0.371 e. The van der Waals surface area contributed by atoms with Crippen LogP contribution in [0.1, 0.15) is 12.0 Å². The first-order chi connectivity index (χ1) is 11.4. The smallest absolute Gasteiger partial charge is 0.123 e. The molecule has 2 aromatic rings. The Kier molecular flexibility index (Phi) is 4.26. The fraction of sp³-hybridized carbons (Fsp3) is 0.529. The number of fused-ring (bicyclic) bond motifs is 1. The molecule has 0 atom stereocenters. The van der Waals surface area contributed by atoms with Crippen molar-refractivity contribution in [3.05, 3.63) is 36.4 Å². The summed E-state index contributed by atoms with van der Waals surface area (Å²) < 4.78 is 1.97. The van der Waals surface area contributed by atoms with Crippen molar-refractivity contribution in [1.29, 1.82) is 0 Å². The van der Waals surface area contributed by atoms with Crippen molar-refractivity contribution in [3.8, 4) is 5.69 Å². The zero-order valence-electron chi connectivity index (χ0n) is 13.5. The average Bonchev–Trinajstić information content (AvgIpc) is 3.25. The van der Waals surface area contributed by atoms with E-state index in [0.717, 1.165) is 38.3 Å². The third-order valence-electron chi connectivity index (χ3n) is 4.88. The summed E-state index contributed by atoms with van der Waals surface area (Å²) in [6.07, 6.45) is 5.88. The van der Waals surface area contributed by atoms with E-state index >= 15 is 0 Å². The van der Waals surface area contributed by atoms with Crippen LogP contribution in [0.4, 0.5) is 5.69 Å². The number of nitrogens with one attached hydrogen (secondary N) is 1. The van der Waals surface area contributed by atoms with E-state index in [2.05, 4.69) is 43.5 Å². The van der Waals surface area contributed by atoms with E-state index in [4.69, 9.17) is 0 Å². The van der Waals surface area contributed by atoms with E-state index in [1.54, 1.807) is 12.7 Å². The van der Waals surface area contributed by atoms with Gasteiger partial charge in [0, 0.05) is 50.6 Å². The van der Waals surface area contributed by atoms with Gasteiger partial charge in [0.15, 0.2) is 0 Å². The highest BCUT2D eigenvalue weighted by atomic mass is 15.2. The maximum absolute atomic E-state index is 3.89. The van der Waals surface area contributed by atoms with Crippen molar-refractivity contribution < 1.29 is 0 Å². The minimum absolute atomic E-state index is 1.14. The molecule has 23 heavy (non-hydrogen) atoms. The quantitative estimate of drug-likeness (QED) is 0.890. The van der Waals surface area contributed by atoms with Gasteiger partial charge in [-0.25, -0.2) is 0 Å². The lowest BCUT2D eigenvalue weighted by Gasteiger charge is -2.28. The Morgan fingerprint density at radius 3 is 2.65 bits per heavy atom. The fourth-order valence-corrected chi connectivity index (χ4v) is 3.60. The summed E-state index contributed by atoms with van der Waals surface area (Å²) in [7, 11) is 0. The molecule has 6 nitrogen and oxygen atoms in total. The zero-order chi connectivity index (χ0) is 15.5. The van der Waals surface area contributed by atoms with Gasteiger partial charge < -0.3 is 15.1 Å². The normalized spacial score (nSPS) is 18.3. The molecule has 1 N–H and O–H groups in total. The monoisotopic (exact) mass is 312 g/mol. The maximum atomic E-state index is 3.89. The van der Waals surface area contributed by atoms with Crippen LogP contribution >= 0.6 is 0 Å². The van der Waals surface area contributed by atoms with Crippen LogP contribution in [-0.4, -0.2) is 65.5 Å². The van der Waals surface area contributed by atoms with Gasteiger partial charge in [-0.2, -0.15) is 0 Å². The lowest BCUT2D eigenvalue weighted by Crippen LogP contribution is -2.44. The summed E-state index contributed by atoms with van der Waals surface area (Å²) in [4.78, 5) is 5.11. The van der Waals surface area contributed by atoms with Gasteiger partial charge in [-0.05, 0) is 43.1 Å². The molecule has 3 heterocycles. The number of aromatic nitrogens is 3. The molecule has 1 aromatic carbocycles. The Labute approximate surface area is 137 Å². The second-order valence-electron chi connectivity index (χ2n) is 6.36. The minimum atomic E-state index is 1.14. The molecule has 0 bridgehead atoms. The van der Waals surface area contributed by atoms with Gasteiger partial charge in [0.1, 0.15) is 12.7 Å². The maximum Gasteiger partial charge on any atom is 0.123 e. The molecular weight excluding hydrogens is 288 g/mol. The van der Waals surface area contributed by atoms with Crippen LogP contribution in [0.15, 0.2) is 30.9 Å². The van der Waals surface area contributed by atoms with Gasteiger partial charge >= 0.3 is 0 Å². The van der Waals surface area contributed by atoms with Crippen molar-refractivity contribution in [1.82, 2.24) is 25.0 Å². The Bertz CT molecular complexity index is 633. The number of hydrogen-bond acceptors (Lipinski definition) is 5. The molecule has 1 aromatic heterocycles. The number of benzene rings is 1. The van der Waals surface area contributed by atoms with Gasteiger partial charge in [0.2, 0.25) is 0 Å². The van der Waals surface area contributed by atoms with E-state index in [1.807, 2.05) is 4.57 Å². The highest BCUT2D eigenvalue weighted by Crippen LogP contribution is 2.29. The first-order valence-corrected chi connectivity index (χ1v) is 8.56. The summed E-state index contributed by atoms with van der Waals surface area (Å²) in [5.41, 5.74) is 4.00. The first-order valence-electron chi connectivity index (χ1n) is 8.56. The predicted octanol–water partition coefficient (Wildman–Crippen LogP) is 0.925. The van der Waals surface area contributed by atoms with Gasteiger partial charge in [-0.1, -0.05) is 0 Å². The SMILES string of the molecule is c1cc2c(cc1-n1cnnc1)CCN2CCCN1CCNCC1. The summed E-state index contributed by atoms with van der Waals surface area (Å²) in [5.74, 6) is 0. The summed E-state index contributed by atoms with van der Waals surface area (Å²) in [6, 6.07) is 6.69. The second-order valence-corrected chi connectivity index (χ2v) is 6.36. The van der Waals surface area contributed by atoms with E-state index < -0.39 is 0 Å². The van der Waals surface area contributed by atoms with Crippen LogP contribution in [0.3, 0.4) is 0 Å². The van der Waals surface area contributed by atoms with Gasteiger partial charge in [0.05, 0.1) is 0 Å². The van der Waals surface area contributed by atoms with Crippen LogP contribution in [0.25, 0.3) is 5.69 Å². The Morgan fingerprint density at radius 2 is 1.83 bits per heavy atom. The molecule has 1 saturated heterocycles. The molecule has 4 rings (SSSR count). The molecule has 122 valence electrons. The summed E-state index contributed by atoms with van der Waals surface area (Å²) in [6.45, 7) is 8.17. The van der Waals surface area contributed by atoms with Gasteiger partial charge in [0.25, 0.3) is 0 Å². The molecule has 0 spiro atoms. The van der Waals surface area contributed by atoms with E-state index in [1.165, 1.54) is 37.3 Å². The zero-order valence-corrected chi connectivity index (χ0v) is 13.5. The topological polar surface area (TPSA) is 49.2 Å². The Hall–Kier alpha value is -1.92. The van der Waals surface area contributed by atoms with Gasteiger partial charge in [-0.3, -0.25) is 4.57 Å². The molecule has 0 radical (unpaired) electrons. The molecule has 0 aliphatic carbocycles. The predicted molar refractivity (Wildman–Crippen MR) is 91.2 cm³/mol. The number of hydrogen-bond donors (Lipinski definition) is 1. The first kappa shape index (κ1) is 14.7. The highest BCUT2D eigenvalue weighted by Gasteiger charge is 2.19. The molecular formula is C17H24N6. The number of anilines is 1. The van der Waals surface area contributed by atoms with E-state index in [-0.39, 0.29) is 0 Å². The van der Waals surface area contributed by atoms with Gasteiger partial charge in [-0.15, -0.1) is 10.2 Å². The van der Waals surface area contributed by atoms with Crippen LogP contribution in [0.5, 0.6) is 0 Å². The van der Waals surface area contributed by atoms with Crippen molar-refractivity contribution in [2.45, 2.75) is 12.8 Å². The van der Waals surface area contributed by atoms with E-state index in [9.17, 15) is 0 Å². The fourth-order valence-electron chi connectivity index (χ4n) is 3.60. The third kappa shape index (κ3) is 3.23. The summed E-state index contributed by atoms with van der Waals surface area (Å²) in [5, 5.41) is 11.2. The van der Waals surface area contributed by atoms with Crippen molar-refractivity contribution >= 4 is 5.69 Å². The molecule has 6 heteroatoms. The Balaban J connectivity index is 1.36. The van der Waals surface area contributed by atoms with Crippen LogP contribution in [0, 0.1) is 0 Å². The number of piperazine rings is 1. The molecule has 0 amide bonds. The minimum Gasteiger partial charge on any atom is -0.371 e. The molecule has 2 aliphatic heterocycles. The summed E-state index contributed by atoms with van der Waals surface area (Å²) >= 11 is 0. The lowest BCUT2D eigenvalue weighted by atomic mass is 10.1. The van der Waals surface area contributed by atoms with Crippen molar-refractivity contribution in [2.24, 2.45) is 0 Å². The second kappa shape index (κ2) is 6.68. The van der Waals surface area contributed by atoms with Crippen molar-refractivity contribution in [3.63, 3.8) is 0 Å². The Morgan fingerprint density at radius 1 is 1.00 bits per heavy atom. The molecule has 0 saturated carbocycles. The number of nitrogens with zero attached hydrogens (tertiary/aromatic N) is 5. The molecule has 0 unspecified atom stereocenters. The van der Waals surface area contributed by atoms with Crippen LogP contribution < -0.4 is 10.2 Å². The number of rotatable bonds is 5. The highest BCUT2D eigenvalue weighted by molar-refractivity contribution is 5.61. The molecule has 1 fully saturated rings. The molecule has 2 aliphatic rings. The standard InChI is InChI=1S/C17H24N6/c1(7-21-10-5-18-6-11-21)8-22-9-4-15-12-16(2-3-17(15)22)23-13-19-20-14-23/h2-3,12-14,18H,1,4-11H2. The lowest BCUT2D eigenvalue weighted by molar-refractivity contribution is 0.239. The van der Waals surface area contributed by atoms with Crippen molar-refractivity contribution in [2.75, 3.05) is 50.7 Å².